The van der Waals surface area contributed by atoms with Gasteiger partial charge in [-0.05, 0) is 99.3 Å². The molecular formula is C58H38N2O. The lowest BCUT2D eigenvalue weighted by Crippen LogP contribution is -2.10. The van der Waals surface area contributed by atoms with Gasteiger partial charge in [0.15, 0.2) is 5.58 Å². The first kappa shape index (κ1) is 34.9. The van der Waals surface area contributed by atoms with Crippen molar-refractivity contribution in [3.8, 4) is 39.1 Å². The summed E-state index contributed by atoms with van der Waals surface area (Å²) in [5.74, 6) is 0. The van der Waals surface area contributed by atoms with E-state index in [0.717, 1.165) is 66.6 Å². The smallest absolute Gasteiger partial charge is 0.160 e. The molecule has 0 fully saturated rings. The molecule has 0 saturated heterocycles. The van der Waals surface area contributed by atoms with Crippen LogP contribution in [0.3, 0.4) is 0 Å². The number of benzene rings is 10. The Morgan fingerprint density at radius 3 is 1.67 bits per heavy atom. The molecule has 12 rings (SSSR count). The number of aromatic nitrogens is 1. The van der Waals surface area contributed by atoms with E-state index in [1.807, 2.05) is 0 Å². The first-order valence-corrected chi connectivity index (χ1v) is 20.8. The summed E-state index contributed by atoms with van der Waals surface area (Å²) in [6.45, 7) is 0. The van der Waals surface area contributed by atoms with Gasteiger partial charge in [-0.15, -0.1) is 0 Å². The molecule has 0 saturated carbocycles. The van der Waals surface area contributed by atoms with Crippen molar-refractivity contribution in [1.29, 1.82) is 0 Å². The van der Waals surface area contributed by atoms with Gasteiger partial charge in [0.1, 0.15) is 5.58 Å². The highest BCUT2D eigenvalue weighted by Gasteiger charge is 2.23. The van der Waals surface area contributed by atoms with Crippen molar-refractivity contribution < 1.29 is 4.42 Å². The summed E-state index contributed by atoms with van der Waals surface area (Å²) in [5, 5.41) is 6.99. The molecule has 12 aromatic rings. The summed E-state index contributed by atoms with van der Waals surface area (Å²) in [6.07, 6.45) is 0. The zero-order chi connectivity index (χ0) is 40.3. The molecule has 0 spiro atoms. The van der Waals surface area contributed by atoms with Crippen LogP contribution in [0.25, 0.3) is 93.6 Å². The largest absolute Gasteiger partial charge is 0.454 e. The van der Waals surface area contributed by atoms with E-state index in [2.05, 4.69) is 240 Å². The maximum absolute atomic E-state index is 7.03. The predicted octanol–water partition coefficient (Wildman–Crippen LogP) is 16.3. The molecule has 0 aliphatic heterocycles. The molecule has 0 amide bonds. The molecule has 2 heterocycles. The van der Waals surface area contributed by atoms with Gasteiger partial charge < -0.3 is 13.9 Å². The summed E-state index contributed by atoms with van der Waals surface area (Å²) in [7, 11) is 0. The van der Waals surface area contributed by atoms with E-state index in [4.69, 9.17) is 4.42 Å². The van der Waals surface area contributed by atoms with Crippen LogP contribution in [0, 0.1) is 0 Å². The van der Waals surface area contributed by atoms with E-state index >= 15 is 0 Å². The third-order valence-electron chi connectivity index (χ3n) is 12.2. The lowest BCUT2D eigenvalue weighted by molar-refractivity contribution is 0.669. The van der Waals surface area contributed by atoms with Crippen LogP contribution in [0.2, 0.25) is 0 Å². The van der Waals surface area contributed by atoms with Gasteiger partial charge in [-0.3, -0.25) is 0 Å². The quantitative estimate of drug-likeness (QED) is 0.161. The number of para-hydroxylation sites is 4. The Balaban J connectivity index is 1.03. The zero-order valence-electron chi connectivity index (χ0n) is 33.2. The molecule has 0 atom stereocenters. The van der Waals surface area contributed by atoms with Crippen LogP contribution in [0.1, 0.15) is 0 Å². The van der Waals surface area contributed by atoms with Crippen molar-refractivity contribution in [3.63, 3.8) is 0 Å². The Morgan fingerprint density at radius 1 is 0.377 bits per heavy atom. The molecule has 0 aliphatic rings. The second-order valence-corrected chi connectivity index (χ2v) is 15.7. The van der Waals surface area contributed by atoms with Crippen molar-refractivity contribution in [1.82, 2.24) is 4.57 Å². The van der Waals surface area contributed by atoms with Crippen LogP contribution in [-0.4, -0.2) is 4.57 Å². The molecule has 286 valence electrons. The SMILES string of the molecule is c1ccc(-c2ccc(-c3ccc(N(c4ccccc4)c4cc5ccccc5c5c4oc4ccc(-c6cccc7c8ccccc8n(-c8ccccc8)c67)cc45)cc3)cc2)cc1. The molecule has 0 unspecified atom stereocenters. The number of rotatable bonds is 7. The summed E-state index contributed by atoms with van der Waals surface area (Å²) in [5.41, 5.74) is 15.4. The van der Waals surface area contributed by atoms with Crippen molar-refractivity contribution in [2.24, 2.45) is 0 Å². The van der Waals surface area contributed by atoms with Crippen LogP contribution >= 0.6 is 0 Å². The maximum Gasteiger partial charge on any atom is 0.160 e. The zero-order valence-corrected chi connectivity index (χ0v) is 33.2. The molecule has 3 nitrogen and oxygen atoms in total. The van der Waals surface area contributed by atoms with Crippen LogP contribution in [0.5, 0.6) is 0 Å². The summed E-state index contributed by atoms with van der Waals surface area (Å²) < 4.78 is 9.44. The number of hydrogen-bond donors (Lipinski definition) is 0. The Kier molecular flexibility index (Phi) is 8.17. The van der Waals surface area contributed by atoms with Gasteiger partial charge in [-0.25, -0.2) is 0 Å². The van der Waals surface area contributed by atoms with Gasteiger partial charge in [0.05, 0.1) is 16.7 Å². The van der Waals surface area contributed by atoms with Gasteiger partial charge >= 0.3 is 0 Å². The molecule has 0 bridgehead atoms. The number of anilines is 3. The van der Waals surface area contributed by atoms with Crippen LogP contribution < -0.4 is 4.90 Å². The van der Waals surface area contributed by atoms with Crippen LogP contribution in [0.15, 0.2) is 235 Å². The van der Waals surface area contributed by atoms with Crippen molar-refractivity contribution >= 4 is 71.6 Å². The fourth-order valence-electron chi connectivity index (χ4n) is 9.33. The minimum atomic E-state index is 0.854. The van der Waals surface area contributed by atoms with E-state index in [1.165, 1.54) is 44.1 Å². The fourth-order valence-corrected chi connectivity index (χ4v) is 9.33. The number of nitrogens with zero attached hydrogens (tertiary/aromatic N) is 2. The van der Waals surface area contributed by atoms with E-state index in [0.29, 0.717) is 0 Å². The summed E-state index contributed by atoms with van der Waals surface area (Å²) >= 11 is 0. The number of fused-ring (bicyclic) bond motifs is 8. The first-order chi connectivity index (χ1) is 30.3. The third-order valence-corrected chi connectivity index (χ3v) is 12.2. The minimum Gasteiger partial charge on any atom is -0.454 e. The molecule has 0 radical (unpaired) electrons. The highest BCUT2D eigenvalue weighted by molar-refractivity contribution is 6.24. The number of furan rings is 1. The second kappa shape index (κ2) is 14.3. The molecule has 61 heavy (non-hydrogen) atoms. The van der Waals surface area contributed by atoms with Gasteiger partial charge in [0, 0.05) is 44.2 Å². The molecule has 0 aliphatic carbocycles. The molecule has 2 aromatic heterocycles. The topological polar surface area (TPSA) is 21.3 Å². The molecule has 0 N–H and O–H groups in total. The standard InChI is InChI=1S/C58H38N2O/c1-4-15-39(16-5-1)40-27-29-41(30-28-40)42-31-34-47(35-32-42)59(45-18-6-2-7-19-45)54-38-43-17-10-11-22-48(43)56-52-37-44(33-36-55(52)61-58(54)56)49-24-14-25-51-50-23-12-13-26-53(50)60(57(49)51)46-20-8-3-9-21-46/h1-38H. The Hall–Kier alpha value is -8.14. The van der Waals surface area contributed by atoms with Crippen molar-refractivity contribution in [3.05, 3.63) is 231 Å². The summed E-state index contributed by atoms with van der Waals surface area (Å²) in [6, 6.07) is 82.7. The highest BCUT2D eigenvalue weighted by Crippen LogP contribution is 2.47. The minimum absolute atomic E-state index is 0.854. The van der Waals surface area contributed by atoms with E-state index in [1.54, 1.807) is 0 Å². The van der Waals surface area contributed by atoms with E-state index in [9.17, 15) is 0 Å². The Morgan fingerprint density at radius 2 is 0.934 bits per heavy atom. The monoisotopic (exact) mass is 778 g/mol. The Bertz CT molecular complexity index is 3550. The molecule has 3 heteroatoms. The second-order valence-electron chi connectivity index (χ2n) is 15.7. The lowest BCUT2D eigenvalue weighted by atomic mass is 9.97. The van der Waals surface area contributed by atoms with Crippen molar-refractivity contribution in [2.75, 3.05) is 4.90 Å². The van der Waals surface area contributed by atoms with E-state index in [-0.39, 0.29) is 0 Å². The normalized spacial score (nSPS) is 11.6. The predicted molar refractivity (Wildman–Crippen MR) is 257 cm³/mol. The fraction of sp³-hybridized carbons (Fsp3) is 0. The molecule has 10 aromatic carbocycles. The maximum atomic E-state index is 7.03. The lowest BCUT2D eigenvalue weighted by Gasteiger charge is -2.26. The number of hydrogen-bond acceptors (Lipinski definition) is 2. The van der Waals surface area contributed by atoms with Crippen LogP contribution in [0.4, 0.5) is 17.1 Å². The molecular weight excluding hydrogens is 741 g/mol. The first-order valence-electron chi connectivity index (χ1n) is 20.8. The van der Waals surface area contributed by atoms with Gasteiger partial charge in [-0.1, -0.05) is 170 Å². The summed E-state index contributed by atoms with van der Waals surface area (Å²) in [4.78, 5) is 2.33. The van der Waals surface area contributed by atoms with Gasteiger partial charge in [0.2, 0.25) is 0 Å². The average molecular weight is 779 g/mol. The average Bonchev–Trinajstić information content (AvgIpc) is 3.89. The van der Waals surface area contributed by atoms with Gasteiger partial charge in [-0.2, -0.15) is 0 Å². The highest BCUT2D eigenvalue weighted by atomic mass is 16.3. The van der Waals surface area contributed by atoms with Gasteiger partial charge in [0.25, 0.3) is 0 Å². The third kappa shape index (κ3) is 5.82. The Labute approximate surface area is 353 Å². The van der Waals surface area contributed by atoms with Crippen LogP contribution in [-0.2, 0) is 0 Å². The van der Waals surface area contributed by atoms with E-state index < -0.39 is 0 Å². The van der Waals surface area contributed by atoms with Crippen molar-refractivity contribution in [2.45, 2.75) is 0 Å².